The van der Waals surface area contributed by atoms with Crippen LogP contribution in [-0.2, 0) is 22.7 Å². The van der Waals surface area contributed by atoms with Crippen LogP contribution in [0.1, 0.15) is 5.89 Å². The normalized spacial score (nSPS) is 11.2. The van der Waals surface area contributed by atoms with Crippen molar-refractivity contribution in [1.29, 1.82) is 0 Å². The fourth-order valence-electron chi connectivity index (χ4n) is 3.38. The van der Waals surface area contributed by atoms with Crippen LogP contribution < -0.4 is 5.43 Å². The number of pyridine rings is 1. The molecule has 0 N–H and O–H groups in total. The van der Waals surface area contributed by atoms with E-state index in [2.05, 4.69) is 10.1 Å². The largest absolute Gasteiger partial charge is 0.454 e. The van der Waals surface area contributed by atoms with Gasteiger partial charge in [-0.3, -0.25) is 9.59 Å². The summed E-state index contributed by atoms with van der Waals surface area (Å²) in [5.74, 6) is 0.222. The van der Waals surface area contributed by atoms with E-state index in [1.807, 2.05) is 53.9 Å². The molecule has 0 saturated carbocycles. The minimum Gasteiger partial charge on any atom is -0.454 e. The highest BCUT2D eigenvalue weighted by Gasteiger charge is 2.15. The molecule has 3 heterocycles. The number of hydrogen-bond acceptors (Lipinski definition) is 7. The second-order valence-corrected chi connectivity index (χ2v) is 7.55. The summed E-state index contributed by atoms with van der Waals surface area (Å²) >= 11 is 1.50. The van der Waals surface area contributed by atoms with Crippen LogP contribution in [0.2, 0.25) is 0 Å². The number of esters is 1. The van der Waals surface area contributed by atoms with Crippen molar-refractivity contribution in [2.45, 2.75) is 13.2 Å². The Labute approximate surface area is 174 Å². The molecule has 7 nitrogen and oxygen atoms in total. The monoisotopic (exact) mass is 417 g/mol. The zero-order valence-electron chi connectivity index (χ0n) is 15.6. The van der Waals surface area contributed by atoms with Crippen molar-refractivity contribution in [2.24, 2.45) is 0 Å². The topological polar surface area (TPSA) is 87.2 Å². The summed E-state index contributed by atoms with van der Waals surface area (Å²) in [5.41, 5.74) is 1.30. The summed E-state index contributed by atoms with van der Waals surface area (Å²) in [7, 11) is 0. The van der Waals surface area contributed by atoms with Crippen LogP contribution in [-0.4, -0.2) is 20.7 Å². The Kier molecular flexibility index (Phi) is 4.61. The third-order valence-electron chi connectivity index (χ3n) is 4.73. The summed E-state index contributed by atoms with van der Waals surface area (Å²) in [6, 6.07) is 18.2. The van der Waals surface area contributed by atoms with Gasteiger partial charge >= 0.3 is 5.97 Å². The fourth-order valence-corrected chi connectivity index (χ4v) is 4.03. The third kappa shape index (κ3) is 3.27. The third-order valence-corrected chi connectivity index (χ3v) is 5.60. The van der Waals surface area contributed by atoms with E-state index in [4.69, 9.17) is 9.26 Å². The first-order chi connectivity index (χ1) is 14.7. The number of hydrogen-bond donors (Lipinski definition) is 0. The van der Waals surface area contributed by atoms with E-state index < -0.39 is 5.97 Å². The molecule has 0 spiro atoms. The maximum Gasteiger partial charge on any atom is 0.326 e. The SMILES string of the molecule is O=C(Cn1c2ccccc2c(=O)c2ccccc21)OCc1nc(-c2cccs2)no1. The summed E-state index contributed by atoms with van der Waals surface area (Å²) in [5, 5.41) is 6.94. The van der Waals surface area contributed by atoms with Crippen molar-refractivity contribution in [3.8, 4) is 10.7 Å². The standard InChI is InChI=1S/C22H15N3O4S/c26-20(28-13-19-23-22(24-29-19)18-10-5-11-30-18)12-25-16-8-3-1-6-14(16)21(27)15-7-2-4-9-17(15)25/h1-11H,12-13H2. The molecule has 5 rings (SSSR count). The van der Waals surface area contributed by atoms with Gasteiger partial charge in [0.1, 0.15) is 6.54 Å². The van der Waals surface area contributed by atoms with Gasteiger partial charge in [0.2, 0.25) is 5.82 Å². The molecule has 0 aliphatic rings. The van der Waals surface area contributed by atoms with Gasteiger partial charge in [0.05, 0.1) is 15.9 Å². The minimum atomic E-state index is -0.468. The lowest BCUT2D eigenvalue weighted by molar-refractivity contribution is -0.146. The van der Waals surface area contributed by atoms with Gasteiger partial charge in [-0.05, 0) is 35.7 Å². The quantitative estimate of drug-likeness (QED) is 0.317. The predicted octanol–water partition coefficient (Wildman–Crippen LogP) is 4.01. The highest BCUT2D eigenvalue weighted by molar-refractivity contribution is 7.13. The number of nitrogens with zero attached hydrogens (tertiary/aromatic N) is 3. The van der Waals surface area contributed by atoms with E-state index in [9.17, 15) is 9.59 Å². The molecule has 0 aliphatic carbocycles. The van der Waals surface area contributed by atoms with Crippen LogP contribution in [0.3, 0.4) is 0 Å². The average Bonchev–Trinajstić information content (AvgIpc) is 3.47. The van der Waals surface area contributed by atoms with Crippen LogP contribution in [0, 0.1) is 0 Å². The van der Waals surface area contributed by atoms with Gasteiger partial charge in [-0.2, -0.15) is 4.98 Å². The molecule has 0 bridgehead atoms. The Bertz CT molecular complexity index is 1360. The molecule has 0 atom stereocenters. The van der Waals surface area contributed by atoms with Crippen molar-refractivity contribution in [3.05, 3.63) is 82.2 Å². The highest BCUT2D eigenvalue weighted by atomic mass is 32.1. The number of aromatic nitrogens is 3. The summed E-state index contributed by atoms with van der Waals surface area (Å²) in [6.07, 6.45) is 0. The van der Waals surface area contributed by atoms with Crippen molar-refractivity contribution in [3.63, 3.8) is 0 Å². The molecule has 0 amide bonds. The number of ether oxygens (including phenoxy) is 1. The van der Waals surface area contributed by atoms with Crippen molar-refractivity contribution >= 4 is 39.1 Å². The van der Waals surface area contributed by atoms with E-state index in [-0.39, 0.29) is 24.5 Å². The van der Waals surface area contributed by atoms with Crippen LogP contribution in [0.5, 0.6) is 0 Å². The summed E-state index contributed by atoms with van der Waals surface area (Å²) in [4.78, 5) is 30.5. The minimum absolute atomic E-state index is 0.0484. The molecule has 5 aromatic rings. The van der Waals surface area contributed by atoms with Crippen molar-refractivity contribution < 1.29 is 14.1 Å². The molecular weight excluding hydrogens is 402 g/mol. The Balaban J connectivity index is 1.41. The number of carbonyl (C=O) groups excluding carboxylic acids is 1. The molecule has 0 aliphatic heterocycles. The van der Waals surface area contributed by atoms with E-state index in [1.54, 1.807) is 16.7 Å². The molecule has 30 heavy (non-hydrogen) atoms. The van der Waals surface area contributed by atoms with Crippen molar-refractivity contribution in [1.82, 2.24) is 14.7 Å². The van der Waals surface area contributed by atoms with Crippen LogP contribution in [0.25, 0.3) is 32.5 Å². The second-order valence-electron chi connectivity index (χ2n) is 6.60. The molecule has 2 aromatic carbocycles. The Hall–Kier alpha value is -3.78. The molecule has 148 valence electrons. The van der Waals surface area contributed by atoms with Gasteiger partial charge in [-0.25, -0.2) is 0 Å². The maximum atomic E-state index is 12.8. The zero-order chi connectivity index (χ0) is 20.5. The van der Waals surface area contributed by atoms with Gasteiger partial charge in [0.25, 0.3) is 5.89 Å². The Morgan fingerprint density at radius 3 is 2.37 bits per heavy atom. The number of benzene rings is 2. The number of fused-ring (bicyclic) bond motifs is 2. The average molecular weight is 417 g/mol. The summed E-state index contributed by atoms with van der Waals surface area (Å²) in [6.45, 7) is -0.166. The maximum absolute atomic E-state index is 12.8. The zero-order valence-corrected chi connectivity index (χ0v) is 16.5. The number of carbonyl (C=O) groups is 1. The van der Waals surface area contributed by atoms with Crippen molar-refractivity contribution in [2.75, 3.05) is 0 Å². The molecule has 0 fully saturated rings. The first-order valence-corrected chi connectivity index (χ1v) is 10.1. The molecule has 0 radical (unpaired) electrons. The molecular formula is C22H15N3O4S. The van der Waals surface area contributed by atoms with Crippen LogP contribution >= 0.6 is 11.3 Å². The lowest BCUT2D eigenvalue weighted by Crippen LogP contribution is -2.18. The second kappa shape index (κ2) is 7.57. The van der Waals surface area contributed by atoms with Gasteiger partial charge in [0, 0.05) is 10.8 Å². The predicted molar refractivity (Wildman–Crippen MR) is 113 cm³/mol. The molecule has 3 aromatic heterocycles. The molecule has 8 heteroatoms. The molecule has 0 unspecified atom stereocenters. The van der Waals surface area contributed by atoms with Gasteiger partial charge < -0.3 is 13.8 Å². The van der Waals surface area contributed by atoms with E-state index in [0.717, 1.165) is 4.88 Å². The first kappa shape index (κ1) is 18.3. The Morgan fingerprint density at radius 2 is 1.70 bits per heavy atom. The molecule has 0 saturated heterocycles. The van der Waals surface area contributed by atoms with E-state index >= 15 is 0 Å². The van der Waals surface area contributed by atoms with Gasteiger partial charge in [-0.15, -0.1) is 11.3 Å². The Morgan fingerprint density at radius 1 is 1.00 bits per heavy atom. The lowest BCUT2D eigenvalue weighted by atomic mass is 10.1. The smallest absolute Gasteiger partial charge is 0.326 e. The van der Waals surface area contributed by atoms with Gasteiger partial charge in [0.15, 0.2) is 12.0 Å². The summed E-state index contributed by atoms with van der Waals surface area (Å²) < 4.78 is 12.3. The van der Waals surface area contributed by atoms with Crippen LogP contribution in [0.15, 0.2) is 75.4 Å². The highest BCUT2D eigenvalue weighted by Crippen LogP contribution is 2.22. The van der Waals surface area contributed by atoms with E-state index in [1.165, 1.54) is 11.3 Å². The number of para-hydroxylation sites is 2. The number of rotatable bonds is 5. The van der Waals surface area contributed by atoms with E-state index in [0.29, 0.717) is 27.6 Å². The lowest BCUT2D eigenvalue weighted by Gasteiger charge is -2.14. The first-order valence-electron chi connectivity index (χ1n) is 9.23. The fraction of sp³-hybridized carbons (Fsp3) is 0.0909. The van der Waals surface area contributed by atoms with Crippen LogP contribution in [0.4, 0.5) is 0 Å². The number of thiophene rings is 1. The van der Waals surface area contributed by atoms with Gasteiger partial charge in [-0.1, -0.05) is 35.5 Å².